The third kappa shape index (κ3) is 10.3. The van der Waals surface area contributed by atoms with Crippen LogP contribution in [0.4, 0.5) is 4.79 Å². The molecule has 4 rings (SSSR count). The maximum absolute atomic E-state index is 14.0. The molecule has 0 aliphatic carbocycles. The highest BCUT2D eigenvalue weighted by atomic mass is 28.3. The molecule has 11 nitrogen and oxygen atoms in total. The SMILES string of the molecule is C=C(OC(C)(C)C)N1CCN(Cc2ccc3c(c2)cc(-c2cc(C(=O)OC)cn(COCC[Si](C)(C)C)c2=O)n3C(=O)OC(C)(C)C)CC1. The van der Waals surface area contributed by atoms with E-state index in [9.17, 15) is 14.4 Å². The van der Waals surface area contributed by atoms with Gasteiger partial charge in [0.2, 0.25) is 0 Å². The molecule has 1 aliphatic heterocycles. The highest BCUT2D eigenvalue weighted by Crippen LogP contribution is 2.30. The van der Waals surface area contributed by atoms with Crippen LogP contribution in [0.5, 0.6) is 0 Å². The second-order valence-corrected chi connectivity index (χ2v) is 21.5. The van der Waals surface area contributed by atoms with Gasteiger partial charge in [0.1, 0.15) is 17.9 Å². The van der Waals surface area contributed by atoms with Crippen LogP contribution < -0.4 is 5.56 Å². The molecule has 268 valence electrons. The monoisotopic (exact) mass is 694 g/mol. The summed E-state index contributed by atoms with van der Waals surface area (Å²) in [5.41, 5.74) is 0.824. The van der Waals surface area contributed by atoms with Crippen molar-refractivity contribution in [3.8, 4) is 11.3 Å². The molecule has 49 heavy (non-hydrogen) atoms. The topological polar surface area (TPSA) is 104 Å². The smallest absolute Gasteiger partial charge is 0.419 e. The fourth-order valence-electron chi connectivity index (χ4n) is 5.58. The van der Waals surface area contributed by atoms with Gasteiger partial charge >= 0.3 is 12.1 Å². The third-order valence-corrected chi connectivity index (χ3v) is 9.71. The van der Waals surface area contributed by atoms with Crippen molar-refractivity contribution in [1.29, 1.82) is 0 Å². The summed E-state index contributed by atoms with van der Waals surface area (Å²) in [5.74, 6) is 0.0889. The Morgan fingerprint density at radius 3 is 2.16 bits per heavy atom. The minimum Gasteiger partial charge on any atom is -0.474 e. The van der Waals surface area contributed by atoms with Crippen molar-refractivity contribution in [2.45, 2.75) is 91.7 Å². The van der Waals surface area contributed by atoms with Crippen LogP contribution in [-0.2, 0) is 32.2 Å². The molecule has 3 heterocycles. The number of pyridine rings is 1. The Bertz CT molecular complexity index is 1730. The Balaban J connectivity index is 1.70. The summed E-state index contributed by atoms with van der Waals surface area (Å²) >= 11 is 0. The normalized spacial score (nSPS) is 14.6. The molecule has 0 amide bonds. The number of fused-ring (bicyclic) bond motifs is 1. The number of benzene rings is 1. The van der Waals surface area contributed by atoms with E-state index < -0.39 is 31.3 Å². The van der Waals surface area contributed by atoms with E-state index in [1.54, 1.807) is 20.8 Å². The Morgan fingerprint density at radius 2 is 1.57 bits per heavy atom. The minimum absolute atomic E-state index is 0.0408. The zero-order chi connectivity index (χ0) is 36.3. The lowest BCUT2D eigenvalue weighted by molar-refractivity contribution is -0.0103. The lowest BCUT2D eigenvalue weighted by Crippen LogP contribution is -2.46. The van der Waals surface area contributed by atoms with Crippen LogP contribution in [0.3, 0.4) is 0 Å². The van der Waals surface area contributed by atoms with Crippen LogP contribution >= 0.6 is 0 Å². The maximum atomic E-state index is 14.0. The van der Waals surface area contributed by atoms with Gasteiger partial charge in [-0.15, -0.1) is 0 Å². The summed E-state index contributed by atoms with van der Waals surface area (Å²) in [6.45, 7) is 26.8. The molecular weight excluding hydrogens is 641 g/mol. The molecule has 0 N–H and O–H groups in total. The summed E-state index contributed by atoms with van der Waals surface area (Å²) in [6.07, 6.45) is 0.814. The third-order valence-electron chi connectivity index (χ3n) is 8.01. The zero-order valence-electron chi connectivity index (χ0n) is 31.0. The van der Waals surface area contributed by atoms with E-state index in [-0.39, 0.29) is 23.5 Å². The van der Waals surface area contributed by atoms with Crippen molar-refractivity contribution in [1.82, 2.24) is 18.9 Å². The van der Waals surface area contributed by atoms with Crippen molar-refractivity contribution < 1.29 is 28.5 Å². The fourth-order valence-corrected chi connectivity index (χ4v) is 6.34. The van der Waals surface area contributed by atoms with Gasteiger partial charge in [-0.2, -0.15) is 0 Å². The van der Waals surface area contributed by atoms with E-state index in [0.29, 0.717) is 30.2 Å². The molecule has 0 unspecified atom stereocenters. The Labute approximate surface area is 291 Å². The molecule has 1 aliphatic rings. The number of nitrogens with zero attached hydrogens (tertiary/aromatic N) is 4. The maximum Gasteiger partial charge on any atom is 0.419 e. The van der Waals surface area contributed by atoms with Gasteiger partial charge < -0.3 is 23.8 Å². The van der Waals surface area contributed by atoms with Gasteiger partial charge in [0.15, 0.2) is 5.88 Å². The molecule has 12 heteroatoms. The highest BCUT2D eigenvalue weighted by molar-refractivity contribution is 6.76. The van der Waals surface area contributed by atoms with Gasteiger partial charge in [0, 0.05) is 59.0 Å². The largest absolute Gasteiger partial charge is 0.474 e. The quantitative estimate of drug-likeness (QED) is 0.0933. The van der Waals surface area contributed by atoms with Crippen LogP contribution in [0.1, 0.15) is 57.5 Å². The number of aromatic nitrogens is 2. The summed E-state index contributed by atoms with van der Waals surface area (Å²) in [4.78, 5) is 45.1. The van der Waals surface area contributed by atoms with Crippen molar-refractivity contribution in [2.75, 3.05) is 39.9 Å². The van der Waals surface area contributed by atoms with Gasteiger partial charge in [0.05, 0.1) is 29.4 Å². The predicted molar refractivity (Wildman–Crippen MR) is 196 cm³/mol. The van der Waals surface area contributed by atoms with Gasteiger partial charge in [-0.05, 0) is 84.0 Å². The number of piperazine rings is 1. The first-order chi connectivity index (χ1) is 22.7. The zero-order valence-corrected chi connectivity index (χ0v) is 32.0. The molecular formula is C37H54N4O7Si. The van der Waals surface area contributed by atoms with Gasteiger partial charge in [0.25, 0.3) is 5.56 Å². The van der Waals surface area contributed by atoms with E-state index in [1.165, 1.54) is 28.5 Å². The number of esters is 1. The number of carbonyl (C=O) groups excluding carboxylic acids is 2. The first-order valence-electron chi connectivity index (χ1n) is 16.9. The molecule has 0 bridgehead atoms. The first kappa shape index (κ1) is 37.9. The Morgan fingerprint density at radius 1 is 0.918 bits per heavy atom. The standard InChI is InChI=1S/C37H54N4O7Si/c1-26(47-36(2,3)4)39-16-14-38(15-17-39)23-27-12-13-31-28(20-27)22-32(41(31)35(44)48-37(5,6)7)30-21-29(34(43)45-8)24-40(33(30)42)25-46-18-19-49(9,10)11/h12-13,20-22,24H,1,14-19,23,25H2,2-11H3. The number of hydrogen-bond donors (Lipinski definition) is 0. The van der Waals surface area contributed by atoms with Crippen molar-refractivity contribution >= 4 is 31.0 Å². The van der Waals surface area contributed by atoms with Gasteiger partial charge in [-0.1, -0.05) is 25.7 Å². The lowest BCUT2D eigenvalue weighted by Gasteiger charge is -2.38. The molecule has 0 spiro atoms. The molecule has 3 aromatic rings. The van der Waals surface area contributed by atoms with E-state index in [0.717, 1.165) is 43.2 Å². The number of ether oxygens (including phenoxy) is 4. The molecule has 1 saturated heterocycles. The molecule has 1 aromatic carbocycles. The van der Waals surface area contributed by atoms with Crippen LogP contribution in [0.2, 0.25) is 25.7 Å². The molecule has 2 aromatic heterocycles. The molecule has 0 radical (unpaired) electrons. The predicted octanol–water partition coefficient (Wildman–Crippen LogP) is 6.76. The van der Waals surface area contributed by atoms with E-state index in [2.05, 4.69) is 36.0 Å². The van der Waals surface area contributed by atoms with Gasteiger partial charge in [-0.3, -0.25) is 14.3 Å². The summed E-state index contributed by atoms with van der Waals surface area (Å²) in [7, 11) is -0.0672. The average Bonchev–Trinajstić information content (AvgIpc) is 3.36. The summed E-state index contributed by atoms with van der Waals surface area (Å²) in [5, 5.41) is 0.768. The van der Waals surface area contributed by atoms with E-state index >= 15 is 0 Å². The lowest BCUT2D eigenvalue weighted by atomic mass is 10.1. The minimum atomic E-state index is -1.36. The van der Waals surface area contributed by atoms with Gasteiger partial charge in [-0.25, -0.2) is 14.2 Å². The van der Waals surface area contributed by atoms with Crippen LogP contribution in [0.15, 0.2) is 53.8 Å². The molecule has 1 fully saturated rings. The van der Waals surface area contributed by atoms with E-state index in [4.69, 9.17) is 18.9 Å². The van der Waals surface area contributed by atoms with Crippen molar-refractivity contribution in [3.05, 3.63) is 70.5 Å². The average molecular weight is 695 g/mol. The first-order valence-corrected chi connectivity index (χ1v) is 20.6. The molecule has 0 saturated carbocycles. The summed E-state index contributed by atoms with van der Waals surface area (Å²) < 4.78 is 25.5. The second kappa shape index (κ2) is 14.9. The summed E-state index contributed by atoms with van der Waals surface area (Å²) in [6, 6.07) is 10.1. The Kier molecular flexibility index (Phi) is 11.6. The second-order valence-electron chi connectivity index (χ2n) is 15.9. The van der Waals surface area contributed by atoms with Crippen LogP contribution in [-0.4, -0.2) is 90.2 Å². The number of methoxy groups -OCH3 is 1. The van der Waals surface area contributed by atoms with Crippen molar-refractivity contribution in [2.24, 2.45) is 0 Å². The number of carbonyl (C=O) groups is 2. The van der Waals surface area contributed by atoms with Crippen molar-refractivity contribution in [3.63, 3.8) is 0 Å². The highest BCUT2D eigenvalue weighted by Gasteiger charge is 2.27. The number of hydrogen-bond acceptors (Lipinski definition) is 9. The Hall–Kier alpha value is -3.87. The van der Waals surface area contributed by atoms with Crippen LogP contribution in [0, 0.1) is 0 Å². The number of rotatable bonds is 11. The van der Waals surface area contributed by atoms with E-state index in [1.807, 2.05) is 45.0 Å². The van der Waals surface area contributed by atoms with Crippen LogP contribution in [0.25, 0.3) is 22.2 Å². The molecule has 0 atom stereocenters. The fraction of sp³-hybridized carbons (Fsp3) is 0.541.